The Hall–Kier alpha value is -3.51. The number of benzene rings is 3. The van der Waals surface area contributed by atoms with Crippen molar-refractivity contribution in [2.24, 2.45) is 0 Å². The van der Waals surface area contributed by atoms with E-state index in [1.165, 1.54) is 42.2 Å². The van der Waals surface area contributed by atoms with E-state index < -0.39 is 23.5 Å². The summed E-state index contributed by atoms with van der Waals surface area (Å²) in [4.78, 5) is 33.6. The largest absolute Gasteiger partial charge is 0.416 e. The minimum absolute atomic E-state index is 0.127. The number of nitrogens with zero attached hydrogens (tertiary/aromatic N) is 4. The molecule has 238 valence electrons. The van der Waals surface area contributed by atoms with Gasteiger partial charge in [-0.25, -0.2) is 4.39 Å². The summed E-state index contributed by atoms with van der Waals surface area (Å²) in [7, 11) is 0. The average Bonchev–Trinajstić information content (AvgIpc) is 3.03. The van der Waals surface area contributed by atoms with Crippen molar-refractivity contribution < 1.29 is 22.4 Å². The van der Waals surface area contributed by atoms with Gasteiger partial charge in [0.25, 0.3) is 5.56 Å². The molecule has 1 unspecified atom stereocenters. The molecule has 4 rings (SSSR count). The number of rotatable bonds is 14. The highest BCUT2D eigenvalue weighted by molar-refractivity contribution is 7.98. The Kier molecular flexibility index (Phi) is 12.0. The van der Waals surface area contributed by atoms with Gasteiger partial charge in [0.1, 0.15) is 17.0 Å². The van der Waals surface area contributed by atoms with Crippen molar-refractivity contribution >= 4 is 29.6 Å². The van der Waals surface area contributed by atoms with Crippen LogP contribution in [0.3, 0.4) is 0 Å². The van der Waals surface area contributed by atoms with E-state index >= 15 is 0 Å². The van der Waals surface area contributed by atoms with Crippen LogP contribution in [0, 0.1) is 5.82 Å². The number of halogens is 5. The molecule has 45 heavy (non-hydrogen) atoms. The summed E-state index contributed by atoms with van der Waals surface area (Å²) in [5, 5.41) is 0.161. The fourth-order valence-corrected chi connectivity index (χ4v) is 5.88. The predicted octanol–water partition coefficient (Wildman–Crippen LogP) is 7.56. The molecule has 0 spiro atoms. The Labute approximate surface area is 268 Å². The number of likely N-dealkylation sites (N-methyl/N-ethyl adjacent to an activating group) is 1. The first-order valence-corrected chi connectivity index (χ1v) is 15.7. The SMILES string of the molecule is CCN(CC)CCN(Cc1ccc(-c2ccc(C(F)(F)F)cc2)cc1)C(C=O)n1cc(Cl)c(=O)nc1SCc1ccc(F)cc1. The second kappa shape index (κ2) is 15.7. The summed E-state index contributed by atoms with van der Waals surface area (Å²) >= 11 is 7.45. The highest BCUT2D eigenvalue weighted by atomic mass is 35.5. The van der Waals surface area contributed by atoms with Gasteiger partial charge in [0.15, 0.2) is 11.4 Å². The van der Waals surface area contributed by atoms with Crippen LogP contribution in [0.1, 0.15) is 36.7 Å². The summed E-state index contributed by atoms with van der Waals surface area (Å²) in [6, 6.07) is 18.4. The van der Waals surface area contributed by atoms with Crippen LogP contribution in [0.4, 0.5) is 17.6 Å². The molecule has 0 amide bonds. The van der Waals surface area contributed by atoms with Gasteiger partial charge < -0.3 is 9.47 Å². The molecule has 1 heterocycles. The second-order valence-corrected chi connectivity index (χ2v) is 11.7. The zero-order chi connectivity index (χ0) is 32.6. The molecule has 12 heteroatoms. The van der Waals surface area contributed by atoms with Gasteiger partial charge in [0.05, 0.1) is 5.56 Å². The van der Waals surface area contributed by atoms with Crippen LogP contribution >= 0.6 is 23.4 Å². The maximum absolute atomic E-state index is 13.4. The molecule has 0 aliphatic heterocycles. The number of hydrogen-bond acceptors (Lipinski definition) is 6. The van der Waals surface area contributed by atoms with Crippen molar-refractivity contribution in [1.29, 1.82) is 0 Å². The summed E-state index contributed by atoms with van der Waals surface area (Å²) < 4.78 is 54.0. The highest BCUT2D eigenvalue weighted by Crippen LogP contribution is 2.31. The van der Waals surface area contributed by atoms with Crippen LogP contribution in [0.5, 0.6) is 0 Å². The van der Waals surface area contributed by atoms with E-state index in [4.69, 9.17) is 11.6 Å². The van der Waals surface area contributed by atoms with Crippen molar-refractivity contribution in [2.75, 3.05) is 26.2 Å². The second-order valence-electron chi connectivity index (χ2n) is 10.3. The predicted molar refractivity (Wildman–Crippen MR) is 170 cm³/mol. The molecule has 4 aromatic rings. The van der Waals surface area contributed by atoms with E-state index in [0.717, 1.165) is 48.2 Å². The maximum atomic E-state index is 13.4. The molecule has 0 aliphatic rings. The van der Waals surface area contributed by atoms with Gasteiger partial charge >= 0.3 is 6.18 Å². The number of carbonyl (C=O) groups is 1. The van der Waals surface area contributed by atoms with Crippen LogP contribution < -0.4 is 5.56 Å². The molecule has 0 radical (unpaired) electrons. The third-order valence-electron chi connectivity index (χ3n) is 7.42. The van der Waals surface area contributed by atoms with E-state index in [1.54, 1.807) is 16.7 Å². The Balaban J connectivity index is 1.62. The zero-order valence-electron chi connectivity index (χ0n) is 24.8. The molecule has 0 N–H and O–H groups in total. The minimum Gasteiger partial charge on any atom is -0.303 e. The Morgan fingerprint density at radius 2 is 1.49 bits per heavy atom. The third kappa shape index (κ3) is 9.26. The van der Waals surface area contributed by atoms with E-state index in [0.29, 0.717) is 31.0 Å². The van der Waals surface area contributed by atoms with E-state index in [-0.39, 0.29) is 16.0 Å². The number of hydrogen-bond donors (Lipinski definition) is 0. The smallest absolute Gasteiger partial charge is 0.303 e. The van der Waals surface area contributed by atoms with Gasteiger partial charge in [-0.15, -0.1) is 0 Å². The summed E-state index contributed by atoms with van der Waals surface area (Å²) in [5.74, 6) is 0.0210. The standard InChI is InChI=1S/C33H33ClF4N4O2S/c1-3-40(4-2)17-18-41(19-23-5-9-25(10-6-23)26-11-13-27(14-12-26)33(36,37)38)30(21-43)42-20-29(34)31(44)39-32(42)45-22-24-7-15-28(35)16-8-24/h5-16,20-21,30H,3-4,17-19,22H2,1-2H3. The van der Waals surface area contributed by atoms with Crippen LogP contribution in [0.25, 0.3) is 11.1 Å². The number of carbonyl (C=O) groups excluding carboxylic acids is 1. The Morgan fingerprint density at radius 3 is 2.04 bits per heavy atom. The van der Waals surface area contributed by atoms with Crippen LogP contribution in [0.2, 0.25) is 5.02 Å². The number of thioether (sulfide) groups is 1. The topological polar surface area (TPSA) is 58.4 Å². The van der Waals surface area contributed by atoms with E-state index in [1.807, 2.05) is 29.2 Å². The molecule has 1 aromatic heterocycles. The van der Waals surface area contributed by atoms with Crippen molar-refractivity contribution in [3.8, 4) is 11.1 Å². The maximum Gasteiger partial charge on any atom is 0.416 e. The molecule has 0 aliphatic carbocycles. The monoisotopic (exact) mass is 660 g/mol. The average molecular weight is 661 g/mol. The van der Waals surface area contributed by atoms with Gasteiger partial charge in [-0.2, -0.15) is 18.2 Å². The quantitative estimate of drug-likeness (QED) is 0.0603. The highest BCUT2D eigenvalue weighted by Gasteiger charge is 2.30. The molecule has 0 bridgehead atoms. The lowest BCUT2D eigenvalue weighted by atomic mass is 10.0. The third-order valence-corrected chi connectivity index (χ3v) is 8.72. The first-order chi connectivity index (χ1) is 21.5. The fourth-order valence-electron chi connectivity index (χ4n) is 4.79. The number of aldehydes is 1. The van der Waals surface area contributed by atoms with Gasteiger partial charge in [-0.3, -0.25) is 14.5 Å². The van der Waals surface area contributed by atoms with Crippen molar-refractivity contribution in [3.05, 3.63) is 117 Å². The van der Waals surface area contributed by atoms with Crippen molar-refractivity contribution in [1.82, 2.24) is 19.4 Å². The lowest BCUT2D eigenvalue weighted by Gasteiger charge is -2.32. The summed E-state index contributed by atoms with van der Waals surface area (Å²) in [5.41, 5.74) is 1.76. The molecule has 0 saturated carbocycles. The zero-order valence-corrected chi connectivity index (χ0v) is 26.4. The van der Waals surface area contributed by atoms with E-state index in [2.05, 4.69) is 23.7 Å². The number of aromatic nitrogens is 2. The molecule has 6 nitrogen and oxygen atoms in total. The normalized spacial score (nSPS) is 12.6. The van der Waals surface area contributed by atoms with Crippen molar-refractivity contribution in [3.63, 3.8) is 0 Å². The van der Waals surface area contributed by atoms with Gasteiger partial charge in [-0.05, 0) is 59.6 Å². The van der Waals surface area contributed by atoms with E-state index in [9.17, 15) is 27.2 Å². The van der Waals surface area contributed by atoms with Gasteiger partial charge in [-0.1, -0.05) is 85.7 Å². The summed E-state index contributed by atoms with van der Waals surface area (Å²) in [6.45, 7) is 7.27. The van der Waals surface area contributed by atoms with Crippen molar-refractivity contribution in [2.45, 2.75) is 43.6 Å². The summed E-state index contributed by atoms with van der Waals surface area (Å²) in [6.07, 6.45) is -3.07. The first-order valence-electron chi connectivity index (χ1n) is 14.4. The Bertz CT molecular complexity index is 1610. The lowest BCUT2D eigenvalue weighted by molar-refractivity contribution is -0.137. The number of alkyl halides is 3. The minimum atomic E-state index is -4.41. The van der Waals surface area contributed by atoms with Gasteiger partial charge in [0, 0.05) is 31.6 Å². The van der Waals surface area contributed by atoms with Gasteiger partial charge in [0.2, 0.25) is 0 Å². The molecule has 0 saturated heterocycles. The Morgan fingerprint density at radius 1 is 0.911 bits per heavy atom. The molecule has 1 atom stereocenters. The lowest BCUT2D eigenvalue weighted by Crippen LogP contribution is -2.40. The fraction of sp³-hybridized carbons (Fsp3) is 0.303. The molecule has 3 aromatic carbocycles. The van der Waals surface area contributed by atoms with Crippen LogP contribution in [0.15, 0.2) is 88.9 Å². The van der Waals surface area contributed by atoms with Crippen LogP contribution in [-0.2, 0) is 23.3 Å². The van der Waals surface area contributed by atoms with Crippen LogP contribution in [-0.4, -0.2) is 51.8 Å². The molecular weight excluding hydrogens is 628 g/mol. The first kappa shape index (κ1) is 34.4. The molecule has 0 fully saturated rings. The molecular formula is C33H33ClF4N4O2S.